The van der Waals surface area contributed by atoms with Gasteiger partial charge in [-0.1, -0.05) is 12.1 Å². The summed E-state index contributed by atoms with van der Waals surface area (Å²) in [7, 11) is 0. The highest BCUT2D eigenvalue weighted by atomic mass is 16.6. The average Bonchev–Trinajstić information content (AvgIpc) is 2.19. The van der Waals surface area contributed by atoms with Gasteiger partial charge in [0.2, 0.25) is 0 Å². The first-order valence-corrected chi connectivity index (χ1v) is 4.96. The van der Waals surface area contributed by atoms with E-state index in [1.807, 2.05) is 0 Å². The zero-order chi connectivity index (χ0) is 12.1. The van der Waals surface area contributed by atoms with Gasteiger partial charge in [-0.25, -0.2) is 0 Å². The maximum atomic E-state index is 10.7. The third kappa shape index (κ3) is 3.34. The number of nitrogens with zero attached hydrogens (tertiary/aromatic N) is 1. The Labute approximate surface area is 92.9 Å². The van der Waals surface area contributed by atoms with Crippen LogP contribution in [0.25, 0.3) is 0 Å². The van der Waals surface area contributed by atoms with Gasteiger partial charge >= 0.3 is 5.97 Å². The number of hydrogen-bond acceptors (Lipinski definition) is 3. The second-order valence-electron chi connectivity index (χ2n) is 3.63. The molecule has 0 atom stereocenters. The van der Waals surface area contributed by atoms with Crippen LogP contribution < -0.4 is 0 Å². The fraction of sp³-hybridized carbons (Fsp3) is 0.364. The third-order valence-electron chi connectivity index (χ3n) is 2.33. The van der Waals surface area contributed by atoms with Crippen LogP contribution in [0.15, 0.2) is 18.2 Å². The minimum absolute atomic E-state index is 0.0850. The quantitative estimate of drug-likeness (QED) is 0.613. The Morgan fingerprint density at radius 3 is 2.75 bits per heavy atom. The van der Waals surface area contributed by atoms with Crippen LogP contribution in [0.3, 0.4) is 0 Å². The number of aliphatic carboxylic acids is 1. The molecule has 0 aliphatic carbocycles. The van der Waals surface area contributed by atoms with E-state index in [1.54, 1.807) is 19.1 Å². The maximum Gasteiger partial charge on any atom is 0.303 e. The predicted octanol–water partition coefficient (Wildman–Crippen LogP) is 2.31. The molecule has 0 heterocycles. The smallest absolute Gasteiger partial charge is 0.303 e. The molecule has 5 heteroatoms. The number of hydrogen-bond donors (Lipinski definition) is 1. The first kappa shape index (κ1) is 12.2. The number of benzene rings is 1. The van der Waals surface area contributed by atoms with Gasteiger partial charge in [0.1, 0.15) is 0 Å². The molecule has 0 radical (unpaired) electrons. The molecular weight excluding hydrogens is 210 g/mol. The molecule has 5 nitrogen and oxygen atoms in total. The van der Waals surface area contributed by atoms with E-state index in [0.29, 0.717) is 18.4 Å². The first-order valence-electron chi connectivity index (χ1n) is 4.96. The topological polar surface area (TPSA) is 80.4 Å². The summed E-state index contributed by atoms with van der Waals surface area (Å²) in [5.74, 6) is -0.846. The summed E-state index contributed by atoms with van der Waals surface area (Å²) >= 11 is 0. The lowest BCUT2D eigenvalue weighted by atomic mass is 10.1. The molecular formula is C11H13NO4. The second kappa shape index (κ2) is 5.25. The minimum atomic E-state index is -0.846. The van der Waals surface area contributed by atoms with Gasteiger partial charge in [0, 0.05) is 18.1 Å². The first-order chi connectivity index (χ1) is 7.50. The van der Waals surface area contributed by atoms with Gasteiger partial charge in [-0.05, 0) is 25.3 Å². The van der Waals surface area contributed by atoms with Crippen molar-refractivity contribution in [2.75, 3.05) is 0 Å². The van der Waals surface area contributed by atoms with E-state index in [4.69, 9.17) is 5.11 Å². The Kier molecular flexibility index (Phi) is 3.99. The number of carboxylic acids is 1. The van der Waals surface area contributed by atoms with Gasteiger partial charge in [-0.2, -0.15) is 0 Å². The SMILES string of the molecule is Cc1ccc(CCCC(=O)O)cc1[N+](=O)[O-]. The summed E-state index contributed by atoms with van der Waals surface area (Å²) < 4.78 is 0. The van der Waals surface area contributed by atoms with E-state index in [1.165, 1.54) is 6.07 Å². The van der Waals surface area contributed by atoms with E-state index in [-0.39, 0.29) is 12.1 Å². The molecule has 0 saturated heterocycles. The highest BCUT2D eigenvalue weighted by molar-refractivity contribution is 5.66. The van der Waals surface area contributed by atoms with Crippen LogP contribution in [0.1, 0.15) is 24.0 Å². The van der Waals surface area contributed by atoms with Gasteiger partial charge in [-0.3, -0.25) is 14.9 Å². The van der Waals surface area contributed by atoms with Crippen molar-refractivity contribution in [1.29, 1.82) is 0 Å². The van der Waals surface area contributed by atoms with Gasteiger partial charge in [0.05, 0.1) is 4.92 Å². The highest BCUT2D eigenvalue weighted by Crippen LogP contribution is 2.20. The lowest BCUT2D eigenvalue weighted by molar-refractivity contribution is -0.385. The Bertz CT molecular complexity index is 414. The molecule has 0 aliphatic rings. The molecule has 1 rings (SSSR count). The van der Waals surface area contributed by atoms with Gasteiger partial charge < -0.3 is 5.11 Å². The van der Waals surface area contributed by atoms with Crippen LogP contribution in [0.5, 0.6) is 0 Å². The van der Waals surface area contributed by atoms with Crippen LogP contribution in [0.4, 0.5) is 5.69 Å². The Balaban J connectivity index is 2.71. The van der Waals surface area contributed by atoms with Gasteiger partial charge in [0.25, 0.3) is 5.69 Å². The van der Waals surface area contributed by atoms with Gasteiger partial charge in [-0.15, -0.1) is 0 Å². The van der Waals surface area contributed by atoms with E-state index in [2.05, 4.69) is 0 Å². The lowest BCUT2D eigenvalue weighted by Crippen LogP contribution is -1.97. The predicted molar refractivity (Wildman–Crippen MR) is 58.4 cm³/mol. The largest absolute Gasteiger partial charge is 0.481 e. The Morgan fingerprint density at radius 2 is 2.19 bits per heavy atom. The molecule has 16 heavy (non-hydrogen) atoms. The molecule has 1 aromatic rings. The van der Waals surface area contributed by atoms with Crippen molar-refractivity contribution >= 4 is 11.7 Å². The van der Waals surface area contributed by atoms with Crippen molar-refractivity contribution in [3.63, 3.8) is 0 Å². The van der Waals surface area contributed by atoms with Crippen LogP contribution in [0.2, 0.25) is 0 Å². The average molecular weight is 223 g/mol. The Hall–Kier alpha value is -1.91. The summed E-state index contributed by atoms with van der Waals surface area (Å²) in [6, 6.07) is 5.00. The Morgan fingerprint density at radius 1 is 1.50 bits per heavy atom. The monoisotopic (exact) mass is 223 g/mol. The van der Waals surface area contributed by atoms with Crippen LogP contribution >= 0.6 is 0 Å². The fourth-order valence-electron chi connectivity index (χ4n) is 1.45. The third-order valence-corrected chi connectivity index (χ3v) is 2.33. The molecule has 0 saturated carbocycles. The van der Waals surface area contributed by atoms with E-state index >= 15 is 0 Å². The number of nitro groups is 1. The van der Waals surface area contributed by atoms with Crippen molar-refractivity contribution in [3.8, 4) is 0 Å². The van der Waals surface area contributed by atoms with Crippen molar-refractivity contribution in [2.24, 2.45) is 0 Å². The summed E-state index contributed by atoms with van der Waals surface area (Å²) in [6.07, 6.45) is 1.13. The number of rotatable bonds is 5. The molecule has 0 amide bonds. The van der Waals surface area contributed by atoms with Crippen molar-refractivity contribution in [3.05, 3.63) is 39.4 Å². The standard InChI is InChI=1S/C11H13NO4/c1-8-5-6-9(3-2-4-11(13)14)7-10(8)12(15)16/h5-7H,2-4H2,1H3,(H,13,14). The molecule has 0 unspecified atom stereocenters. The van der Waals surface area contributed by atoms with Crippen LogP contribution in [-0.4, -0.2) is 16.0 Å². The number of carbonyl (C=O) groups is 1. The van der Waals surface area contributed by atoms with E-state index in [0.717, 1.165) is 5.56 Å². The molecule has 1 aromatic carbocycles. The van der Waals surface area contributed by atoms with E-state index < -0.39 is 10.9 Å². The van der Waals surface area contributed by atoms with Crippen LogP contribution in [-0.2, 0) is 11.2 Å². The lowest BCUT2D eigenvalue weighted by Gasteiger charge is -2.02. The van der Waals surface area contributed by atoms with E-state index in [9.17, 15) is 14.9 Å². The molecule has 0 aromatic heterocycles. The molecule has 86 valence electrons. The number of aryl methyl sites for hydroxylation is 2. The number of nitro benzene ring substituents is 1. The van der Waals surface area contributed by atoms with Crippen molar-refractivity contribution < 1.29 is 14.8 Å². The molecule has 0 aliphatic heterocycles. The summed E-state index contributed by atoms with van der Waals surface area (Å²) in [4.78, 5) is 20.6. The zero-order valence-corrected chi connectivity index (χ0v) is 8.97. The highest BCUT2D eigenvalue weighted by Gasteiger charge is 2.10. The maximum absolute atomic E-state index is 10.7. The molecule has 0 spiro atoms. The minimum Gasteiger partial charge on any atom is -0.481 e. The summed E-state index contributed by atoms with van der Waals surface area (Å²) in [6.45, 7) is 1.68. The second-order valence-corrected chi connectivity index (χ2v) is 3.63. The van der Waals surface area contributed by atoms with Gasteiger partial charge in [0.15, 0.2) is 0 Å². The van der Waals surface area contributed by atoms with Crippen molar-refractivity contribution in [2.45, 2.75) is 26.2 Å². The fourth-order valence-corrected chi connectivity index (χ4v) is 1.45. The molecule has 0 bridgehead atoms. The normalized spacial score (nSPS) is 10.1. The summed E-state index contributed by atoms with van der Waals surface area (Å²) in [5, 5.41) is 19.1. The molecule has 0 fully saturated rings. The molecule has 1 N–H and O–H groups in total. The number of carboxylic acid groups (broad SMARTS) is 1. The van der Waals surface area contributed by atoms with Crippen molar-refractivity contribution in [1.82, 2.24) is 0 Å². The summed E-state index contributed by atoms with van der Waals surface area (Å²) in [5.41, 5.74) is 1.51. The van der Waals surface area contributed by atoms with Crippen LogP contribution in [0, 0.1) is 17.0 Å². The zero-order valence-electron chi connectivity index (χ0n) is 8.97.